The van der Waals surface area contributed by atoms with E-state index in [1.54, 1.807) is 0 Å². The van der Waals surface area contributed by atoms with Gasteiger partial charge in [0.1, 0.15) is 0 Å². The van der Waals surface area contributed by atoms with E-state index in [1.807, 2.05) is 24.3 Å². The van der Waals surface area contributed by atoms with Crippen LogP contribution >= 0.6 is 0 Å². The largest absolute Gasteiger partial charge is 0.245 e. The quantitative estimate of drug-likeness (QED) is 0.172. The zero-order valence-electron chi connectivity index (χ0n) is 28.1. The first-order valence-corrected chi connectivity index (χ1v) is 17.5. The number of nitrogens with zero attached hydrogens (tertiary/aromatic N) is 4. The van der Waals surface area contributed by atoms with Crippen LogP contribution in [0.5, 0.6) is 0 Å². The number of benzene rings is 7. The Bertz CT molecular complexity index is 2950. The number of hydrogen-bond donors (Lipinski definition) is 0. The fraction of sp³-hybridized carbons (Fsp3) is 0. The van der Waals surface area contributed by atoms with Crippen LogP contribution in [-0.2, 0) is 0 Å². The van der Waals surface area contributed by atoms with Gasteiger partial charge in [-0.3, -0.25) is 0 Å². The molecule has 0 saturated heterocycles. The van der Waals surface area contributed by atoms with Crippen molar-refractivity contribution < 1.29 is 0 Å². The highest BCUT2D eigenvalue weighted by molar-refractivity contribution is 6.05. The summed E-state index contributed by atoms with van der Waals surface area (Å²) in [4.78, 5) is 20.6. The lowest BCUT2D eigenvalue weighted by molar-refractivity contribution is 1.23. The van der Waals surface area contributed by atoms with Crippen LogP contribution in [0, 0.1) is 0 Å². The topological polar surface area (TPSA) is 51.6 Å². The summed E-state index contributed by atoms with van der Waals surface area (Å²) in [6, 6.07) is 63.3. The molecule has 0 aliphatic heterocycles. The Hall–Kier alpha value is -7.04. The second-order valence-electron chi connectivity index (χ2n) is 13.1. The summed E-state index contributed by atoms with van der Waals surface area (Å²) >= 11 is 0. The Morgan fingerprint density at radius 2 is 0.904 bits per heavy atom. The molecule has 4 nitrogen and oxygen atoms in total. The van der Waals surface area contributed by atoms with E-state index in [1.165, 1.54) is 10.8 Å². The highest BCUT2D eigenvalue weighted by Crippen LogP contribution is 2.35. The molecular formula is C48H30N4. The third-order valence-corrected chi connectivity index (χ3v) is 9.85. The normalized spacial score (nSPS) is 11.5. The Kier molecular flexibility index (Phi) is 7.10. The van der Waals surface area contributed by atoms with Gasteiger partial charge in [-0.1, -0.05) is 152 Å². The summed E-state index contributed by atoms with van der Waals surface area (Å²) < 4.78 is 0. The highest BCUT2D eigenvalue weighted by Gasteiger charge is 2.14. The van der Waals surface area contributed by atoms with E-state index in [-0.39, 0.29) is 0 Å². The van der Waals surface area contributed by atoms with Crippen LogP contribution in [0.15, 0.2) is 182 Å². The smallest absolute Gasteiger partial charge is 0.160 e. The lowest BCUT2D eigenvalue weighted by Crippen LogP contribution is -1.95. The molecule has 3 aromatic heterocycles. The summed E-state index contributed by atoms with van der Waals surface area (Å²) in [5.74, 6) is 0.711. The summed E-state index contributed by atoms with van der Waals surface area (Å²) in [6.07, 6.45) is 0. The first-order chi connectivity index (χ1) is 25.7. The SMILES string of the molecule is c1ccc(-c2nc(-c3ccccc3)c3ccc(-c4cccc(-c5ccc6ccc7ccc(-c8cccc9ccccc89)nc7c6n5)c4)cc3n2)cc1. The molecular weight excluding hydrogens is 633 g/mol. The minimum absolute atomic E-state index is 0.711. The van der Waals surface area contributed by atoms with Gasteiger partial charge in [0.25, 0.3) is 0 Å². The van der Waals surface area contributed by atoms with Crippen LogP contribution in [0.4, 0.5) is 0 Å². The molecule has 3 heterocycles. The van der Waals surface area contributed by atoms with Crippen molar-refractivity contribution in [3.05, 3.63) is 182 Å². The molecule has 0 atom stereocenters. The molecule has 10 aromatic rings. The number of hydrogen-bond acceptors (Lipinski definition) is 4. The van der Waals surface area contributed by atoms with Crippen LogP contribution < -0.4 is 0 Å². The number of fused-ring (bicyclic) bond motifs is 5. The van der Waals surface area contributed by atoms with Gasteiger partial charge in [-0.05, 0) is 52.2 Å². The van der Waals surface area contributed by atoms with Crippen LogP contribution in [-0.4, -0.2) is 19.9 Å². The van der Waals surface area contributed by atoms with E-state index in [4.69, 9.17) is 19.9 Å². The van der Waals surface area contributed by atoms with E-state index in [0.29, 0.717) is 5.82 Å². The van der Waals surface area contributed by atoms with Crippen molar-refractivity contribution in [2.75, 3.05) is 0 Å². The van der Waals surface area contributed by atoms with Crippen LogP contribution in [0.25, 0.3) is 99.8 Å². The number of rotatable bonds is 5. The van der Waals surface area contributed by atoms with Gasteiger partial charge in [0.05, 0.1) is 33.6 Å². The third kappa shape index (κ3) is 5.26. The molecule has 0 bridgehead atoms. The first-order valence-electron chi connectivity index (χ1n) is 17.5. The highest BCUT2D eigenvalue weighted by atomic mass is 14.9. The van der Waals surface area contributed by atoms with Gasteiger partial charge in [-0.15, -0.1) is 0 Å². The average Bonchev–Trinajstić information content (AvgIpc) is 3.23. The molecule has 0 unspecified atom stereocenters. The minimum Gasteiger partial charge on any atom is -0.245 e. The predicted octanol–water partition coefficient (Wildman–Crippen LogP) is 12.2. The van der Waals surface area contributed by atoms with E-state index < -0.39 is 0 Å². The Morgan fingerprint density at radius 3 is 1.71 bits per heavy atom. The lowest BCUT2D eigenvalue weighted by atomic mass is 9.98. The molecule has 0 spiro atoms. The Morgan fingerprint density at radius 1 is 0.308 bits per heavy atom. The van der Waals surface area contributed by atoms with Gasteiger partial charge >= 0.3 is 0 Å². The molecule has 52 heavy (non-hydrogen) atoms. The summed E-state index contributed by atoms with van der Waals surface area (Å²) in [5.41, 5.74) is 11.9. The van der Waals surface area contributed by atoms with E-state index in [2.05, 4.69) is 158 Å². The number of aromatic nitrogens is 4. The van der Waals surface area contributed by atoms with Crippen molar-refractivity contribution in [1.82, 2.24) is 19.9 Å². The Balaban J connectivity index is 1.08. The molecule has 10 rings (SSSR count). The average molecular weight is 663 g/mol. The summed E-state index contributed by atoms with van der Waals surface area (Å²) in [6.45, 7) is 0. The van der Waals surface area contributed by atoms with Crippen molar-refractivity contribution in [1.29, 1.82) is 0 Å². The van der Waals surface area contributed by atoms with Crippen molar-refractivity contribution in [2.45, 2.75) is 0 Å². The zero-order valence-corrected chi connectivity index (χ0v) is 28.1. The molecule has 4 heteroatoms. The molecule has 0 fully saturated rings. The second kappa shape index (κ2) is 12.4. The van der Waals surface area contributed by atoms with Gasteiger partial charge in [0.15, 0.2) is 5.82 Å². The van der Waals surface area contributed by atoms with E-state index >= 15 is 0 Å². The monoisotopic (exact) mass is 662 g/mol. The summed E-state index contributed by atoms with van der Waals surface area (Å²) in [5, 5.41) is 5.54. The van der Waals surface area contributed by atoms with Gasteiger partial charge < -0.3 is 0 Å². The maximum absolute atomic E-state index is 5.26. The molecule has 0 aliphatic rings. The van der Waals surface area contributed by atoms with Crippen molar-refractivity contribution in [3.8, 4) is 56.3 Å². The fourth-order valence-corrected chi connectivity index (χ4v) is 7.23. The van der Waals surface area contributed by atoms with Crippen molar-refractivity contribution in [2.24, 2.45) is 0 Å². The standard InChI is InChI=1S/C48H30N4/c1-3-12-32(13-4-1)45-41-26-23-37(30-44(41)51-48(52-45)35-14-5-2-6-15-35)36-17-9-18-38(29-36)42-27-24-33-21-22-34-25-28-43(50-47(34)46(33)49-42)40-20-10-16-31-11-7-8-19-39(31)40/h1-30H. The fourth-order valence-electron chi connectivity index (χ4n) is 7.23. The summed E-state index contributed by atoms with van der Waals surface area (Å²) in [7, 11) is 0. The molecule has 0 saturated carbocycles. The van der Waals surface area contributed by atoms with Crippen LogP contribution in [0.3, 0.4) is 0 Å². The van der Waals surface area contributed by atoms with Crippen molar-refractivity contribution >= 4 is 43.5 Å². The molecule has 7 aromatic carbocycles. The van der Waals surface area contributed by atoms with Gasteiger partial charge in [-0.25, -0.2) is 19.9 Å². The number of pyridine rings is 2. The second-order valence-corrected chi connectivity index (χ2v) is 13.1. The maximum Gasteiger partial charge on any atom is 0.160 e. The minimum atomic E-state index is 0.711. The lowest BCUT2D eigenvalue weighted by Gasteiger charge is -2.12. The van der Waals surface area contributed by atoms with Crippen molar-refractivity contribution in [3.63, 3.8) is 0 Å². The molecule has 0 N–H and O–H groups in total. The molecule has 0 aliphatic carbocycles. The van der Waals surface area contributed by atoms with E-state index in [9.17, 15) is 0 Å². The first kappa shape index (κ1) is 29.8. The van der Waals surface area contributed by atoms with Gasteiger partial charge in [0.2, 0.25) is 0 Å². The Labute approximate surface area is 300 Å². The zero-order chi connectivity index (χ0) is 34.4. The van der Waals surface area contributed by atoms with Gasteiger partial charge in [0, 0.05) is 38.4 Å². The molecule has 0 radical (unpaired) electrons. The third-order valence-electron chi connectivity index (χ3n) is 9.85. The van der Waals surface area contributed by atoms with E-state index in [0.717, 1.165) is 83.2 Å². The predicted molar refractivity (Wildman–Crippen MR) is 215 cm³/mol. The molecule has 0 amide bonds. The van der Waals surface area contributed by atoms with Gasteiger partial charge in [-0.2, -0.15) is 0 Å². The molecule has 242 valence electrons. The van der Waals surface area contributed by atoms with Crippen LogP contribution in [0.2, 0.25) is 0 Å². The maximum atomic E-state index is 5.26. The van der Waals surface area contributed by atoms with Crippen LogP contribution in [0.1, 0.15) is 0 Å².